The molecule has 0 bridgehead atoms. The monoisotopic (exact) mass is 304 g/mol. The average Bonchev–Trinajstić information content (AvgIpc) is 2.46. The first-order chi connectivity index (χ1) is 10.0. The molecule has 0 fully saturated rings. The molecule has 3 N–H and O–H groups in total. The fraction of sp³-hybridized carbons (Fsp3) is 0.214. The van der Waals surface area contributed by atoms with Gasteiger partial charge in [-0.2, -0.15) is 0 Å². The molecule has 0 atom stereocenters. The van der Waals surface area contributed by atoms with Gasteiger partial charge in [-0.05, 0) is 13.0 Å². The van der Waals surface area contributed by atoms with Crippen LogP contribution in [-0.4, -0.2) is 29.2 Å². The number of nitrogens with one attached hydrogen (secondary N) is 1. The van der Waals surface area contributed by atoms with Gasteiger partial charge in [-0.1, -0.05) is 12.2 Å². The second kappa shape index (κ2) is 6.36. The highest BCUT2D eigenvalue weighted by Gasteiger charge is 2.07. The highest BCUT2D eigenvalue weighted by atomic mass is 32.1. The van der Waals surface area contributed by atoms with E-state index >= 15 is 0 Å². The van der Waals surface area contributed by atoms with Crippen LogP contribution in [0.1, 0.15) is 11.4 Å². The minimum atomic E-state index is 0.228. The molecule has 0 aliphatic carbocycles. The Balaban J connectivity index is 2.35. The second-order valence-electron chi connectivity index (χ2n) is 4.31. The molecule has 2 rings (SSSR count). The maximum absolute atomic E-state index is 5.61. The SMILES string of the molecule is COc1cc(Nc2nc(C)cc(C(N)=S)n2)cc(OC)c1. The number of methoxy groups -OCH3 is 2. The zero-order valence-corrected chi connectivity index (χ0v) is 12.8. The van der Waals surface area contributed by atoms with E-state index in [1.165, 1.54) is 0 Å². The van der Waals surface area contributed by atoms with Gasteiger partial charge in [0.05, 0.1) is 14.2 Å². The zero-order valence-electron chi connectivity index (χ0n) is 12.0. The molecule has 0 unspecified atom stereocenters. The summed E-state index contributed by atoms with van der Waals surface area (Å²) in [7, 11) is 3.18. The Morgan fingerprint density at radius 2 is 1.71 bits per heavy atom. The molecular formula is C14H16N4O2S. The van der Waals surface area contributed by atoms with Crippen molar-refractivity contribution in [3.8, 4) is 11.5 Å². The quantitative estimate of drug-likeness (QED) is 0.819. The lowest BCUT2D eigenvalue weighted by Gasteiger charge is -2.10. The summed E-state index contributed by atoms with van der Waals surface area (Å²) in [4.78, 5) is 8.80. The van der Waals surface area contributed by atoms with Gasteiger partial charge >= 0.3 is 0 Å². The molecule has 0 saturated carbocycles. The Morgan fingerprint density at radius 3 is 2.24 bits per heavy atom. The van der Waals surface area contributed by atoms with E-state index in [-0.39, 0.29) is 4.99 Å². The molecule has 1 aromatic carbocycles. The number of benzene rings is 1. The van der Waals surface area contributed by atoms with Crippen LogP contribution in [0.15, 0.2) is 24.3 Å². The second-order valence-corrected chi connectivity index (χ2v) is 4.75. The van der Waals surface area contributed by atoms with Crippen LogP contribution in [0.4, 0.5) is 11.6 Å². The van der Waals surface area contributed by atoms with Gasteiger partial charge < -0.3 is 20.5 Å². The minimum absolute atomic E-state index is 0.228. The predicted octanol–water partition coefficient (Wildman–Crippen LogP) is 2.18. The summed E-state index contributed by atoms with van der Waals surface area (Å²) in [6, 6.07) is 7.14. The Hall–Kier alpha value is -2.41. The topological polar surface area (TPSA) is 82.3 Å². The normalized spacial score (nSPS) is 10.0. The van der Waals surface area contributed by atoms with Crippen LogP contribution in [0.3, 0.4) is 0 Å². The fourth-order valence-corrected chi connectivity index (χ4v) is 1.86. The molecule has 0 amide bonds. The Kier molecular flexibility index (Phi) is 4.54. The Labute approximate surface area is 128 Å². The molecule has 0 radical (unpaired) electrons. The third-order valence-corrected chi connectivity index (χ3v) is 2.92. The molecule has 110 valence electrons. The lowest BCUT2D eigenvalue weighted by atomic mass is 10.2. The summed E-state index contributed by atoms with van der Waals surface area (Å²) in [5, 5.41) is 3.09. The van der Waals surface area contributed by atoms with Gasteiger partial charge in [0.2, 0.25) is 5.95 Å². The van der Waals surface area contributed by atoms with Crippen molar-refractivity contribution in [2.45, 2.75) is 6.92 Å². The van der Waals surface area contributed by atoms with Crippen molar-refractivity contribution in [3.63, 3.8) is 0 Å². The number of thiocarbonyl (C=S) groups is 1. The molecule has 0 saturated heterocycles. The van der Waals surface area contributed by atoms with Gasteiger partial charge in [0, 0.05) is 29.6 Å². The minimum Gasteiger partial charge on any atom is -0.497 e. The Morgan fingerprint density at radius 1 is 1.10 bits per heavy atom. The summed E-state index contributed by atoms with van der Waals surface area (Å²) in [5.41, 5.74) is 7.64. The molecule has 1 aromatic heterocycles. The number of aromatic nitrogens is 2. The van der Waals surface area contributed by atoms with Crippen molar-refractivity contribution in [2.75, 3.05) is 19.5 Å². The lowest BCUT2D eigenvalue weighted by Crippen LogP contribution is -2.13. The van der Waals surface area contributed by atoms with E-state index in [4.69, 9.17) is 27.4 Å². The molecule has 7 heteroatoms. The first-order valence-corrected chi connectivity index (χ1v) is 6.58. The first kappa shape index (κ1) is 15.0. The number of nitrogens with zero attached hydrogens (tertiary/aromatic N) is 2. The molecule has 21 heavy (non-hydrogen) atoms. The lowest BCUT2D eigenvalue weighted by molar-refractivity contribution is 0.395. The van der Waals surface area contributed by atoms with Crippen LogP contribution < -0.4 is 20.5 Å². The van der Waals surface area contributed by atoms with Crippen molar-refractivity contribution in [3.05, 3.63) is 35.7 Å². The maximum atomic E-state index is 5.61. The fourth-order valence-electron chi connectivity index (χ4n) is 1.76. The molecular weight excluding hydrogens is 288 g/mol. The van der Waals surface area contributed by atoms with E-state index in [0.29, 0.717) is 23.1 Å². The van der Waals surface area contributed by atoms with Gasteiger partial charge in [-0.3, -0.25) is 0 Å². The number of nitrogens with two attached hydrogens (primary N) is 1. The number of rotatable bonds is 5. The van der Waals surface area contributed by atoms with Gasteiger partial charge in [-0.15, -0.1) is 0 Å². The van der Waals surface area contributed by atoms with Crippen molar-refractivity contribution in [1.82, 2.24) is 9.97 Å². The number of aryl methyl sites for hydroxylation is 1. The standard InChI is InChI=1S/C14H16N4O2S/c1-8-4-12(13(15)21)18-14(16-8)17-9-5-10(19-2)7-11(6-9)20-3/h4-7H,1-3H3,(H2,15,21)(H,16,17,18). The summed E-state index contributed by atoms with van der Waals surface area (Å²) in [6.07, 6.45) is 0. The molecule has 1 heterocycles. The van der Waals surface area contributed by atoms with Crippen LogP contribution in [0, 0.1) is 6.92 Å². The number of anilines is 2. The number of ether oxygens (including phenoxy) is 2. The Bertz CT molecular complexity index is 654. The van der Waals surface area contributed by atoms with Crippen molar-refractivity contribution in [1.29, 1.82) is 0 Å². The van der Waals surface area contributed by atoms with E-state index < -0.39 is 0 Å². The zero-order chi connectivity index (χ0) is 15.4. The highest BCUT2D eigenvalue weighted by Crippen LogP contribution is 2.27. The van der Waals surface area contributed by atoms with Gasteiger partial charge in [0.1, 0.15) is 22.2 Å². The van der Waals surface area contributed by atoms with E-state index in [1.807, 2.05) is 19.1 Å². The molecule has 0 spiro atoms. The molecule has 0 aliphatic heterocycles. The van der Waals surface area contributed by atoms with Crippen molar-refractivity contribution < 1.29 is 9.47 Å². The molecule has 0 aliphatic rings. The summed E-state index contributed by atoms with van der Waals surface area (Å²) >= 11 is 4.94. The van der Waals surface area contributed by atoms with Crippen molar-refractivity contribution in [2.24, 2.45) is 5.73 Å². The summed E-state index contributed by atoms with van der Waals surface area (Å²) in [5.74, 6) is 1.74. The van der Waals surface area contributed by atoms with Crippen molar-refractivity contribution >= 4 is 28.8 Å². The van der Waals surface area contributed by atoms with Crippen LogP contribution in [-0.2, 0) is 0 Å². The predicted molar refractivity (Wildman–Crippen MR) is 85.5 cm³/mol. The summed E-state index contributed by atoms with van der Waals surface area (Å²) < 4.78 is 10.4. The van der Waals surface area contributed by atoms with E-state index in [2.05, 4.69) is 15.3 Å². The van der Waals surface area contributed by atoms with Crippen LogP contribution in [0.25, 0.3) is 0 Å². The maximum Gasteiger partial charge on any atom is 0.228 e. The van der Waals surface area contributed by atoms with Gasteiger partial charge in [-0.25, -0.2) is 9.97 Å². The summed E-state index contributed by atoms with van der Waals surface area (Å²) in [6.45, 7) is 1.85. The first-order valence-electron chi connectivity index (χ1n) is 6.17. The van der Waals surface area contributed by atoms with E-state index in [9.17, 15) is 0 Å². The number of hydrogen-bond acceptors (Lipinski definition) is 6. The third-order valence-electron chi connectivity index (χ3n) is 2.71. The van der Waals surface area contributed by atoms with Gasteiger partial charge in [0.25, 0.3) is 0 Å². The number of hydrogen-bond donors (Lipinski definition) is 2. The van der Waals surface area contributed by atoms with E-state index in [0.717, 1.165) is 11.4 Å². The van der Waals surface area contributed by atoms with E-state index in [1.54, 1.807) is 26.4 Å². The van der Waals surface area contributed by atoms with Crippen LogP contribution in [0.5, 0.6) is 11.5 Å². The molecule has 6 nitrogen and oxygen atoms in total. The van der Waals surface area contributed by atoms with Crippen LogP contribution in [0.2, 0.25) is 0 Å². The average molecular weight is 304 g/mol. The van der Waals surface area contributed by atoms with Gasteiger partial charge in [0.15, 0.2) is 0 Å². The largest absolute Gasteiger partial charge is 0.497 e. The third kappa shape index (κ3) is 3.79. The highest BCUT2D eigenvalue weighted by molar-refractivity contribution is 7.80. The van der Waals surface area contributed by atoms with Crippen LogP contribution >= 0.6 is 12.2 Å². The smallest absolute Gasteiger partial charge is 0.228 e. The molecule has 2 aromatic rings.